The molecule has 2 unspecified atom stereocenters. The number of carboxylic acid groups (broad SMARTS) is 1. The monoisotopic (exact) mass is 737 g/mol. The number of ether oxygens (including phenoxy) is 1. The van der Waals surface area contributed by atoms with E-state index in [0.29, 0.717) is 67.1 Å². The Morgan fingerprint density at radius 3 is 2.49 bits per heavy atom. The highest BCUT2D eigenvalue weighted by atomic mass is 19.2. The summed E-state index contributed by atoms with van der Waals surface area (Å²) in [5.74, 6) is -4.56. The van der Waals surface area contributed by atoms with Gasteiger partial charge in [0.1, 0.15) is 6.04 Å². The zero-order valence-electron chi connectivity index (χ0n) is 29.6. The zero-order chi connectivity index (χ0) is 38.5. The predicted octanol–water partition coefficient (Wildman–Crippen LogP) is 3.03. The Labute approximate surface area is 304 Å². The highest BCUT2D eigenvalue weighted by Gasteiger charge is 2.24. The molecule has 9 N–H and O–H groups in total. The van der Waals surface area contributed by atoms with Gasteiger partial charge in [-0.3, -0.25) is 18.8 Å². The molecule has 0 aliphatic heterocycles. The van der Waals surface area contributed by atoms with E-state index in [1.807, 2.05) is 13.0 Å². The Morgan fingerprint density at radius 1 is 1.00 bits per heavy atom. The first-order valence-corrected chi connectivity index (χ1v) is 17.3. The van der Waals surface area contributed by atoms with E-state index in [-0.39, 0.29) is 49.1 Å². The lowest BCUT2D eigenvalue weighted by molar-refractivity contribution is -0.142. The number of aryl methyl sites for hydroxylation is 1. The number of anilines is 2. The number of amides is 3. The van der Waals surface area contributed by atoms with E-state index in [2.05, 4.69) is 31.2 Å². The fourth-order valence-electron chi connectivity index (χ4n) is 5.57. The van der Waals surface area contributed by atoms with Crippen molar-refractivity contribution in [1.82, 2.24) is 30.3 Å². The van der Waals surface area contributed by atoms with Gasteiger partial charge in [-0.05, 0) is 74.5 Å². The molecule has 2 atom stereocenters. The van der Waals surface area contributed by atoms with Gasteiger partial charge in [-0.2, -0.15) is 4.39 Å². The number of benzene rings is 2. The second-order valence-corrected chi connectivity index (χ2v) is 12.2. The van der Waals surface area contributed by atoms with Crippen LogP contribution >= 0.6 is 0 Å². The maximum Gasteiger partial charge on any atom is 0.326 e. The lowest BCUT2D eigenvalue weighted by atomic mass is 10.0. The number of carboxylic acids is 1. The third-order valence-corrected chi connectivity index (χ3v) is 8.51. The van der Waals surface area contributed by atoms with Crippen molar-refractivity contribution < 1.29 is 37.8 Å². The van der Waals surface area contributed by atoms with Crippen molar-refractivity contribution in [2.45, 2.75) is 64.0 Å². The molecule has 2 aromatic heterocycles. The SMILES string of the molecule is CCc1cc(Nc2nccn3c(-c4ccc(OC)c(F)c4F)cnc23)ccc1C(=O)NCCCNC(=O)CCC(NC(=O)C(N)CCCCN)C(=O)O. The molecular formula is C36H45F2N9O6. The molecule has 4 rings (SSSR count). The minimum absolute atomic E-state index is 0.00132. The lowest BCUT2D eigenvalue weighted by Crippen LogP contribution is -2.48. The quantitative estimate of drug-likeness (QED) is 0.0653. The molecule has 0 radical (unpaired) electrons. The number of hydrogen-bond donors (Lipinski definition) is 7. The fraction of sp³-hybridized carbons (Fsp3) is 0.389. The van der Waals surface area contributed by atoms with Crippen LogP contribution in [0.1, 0.15) is 61.4 Å². The van der Waals surface area contributed by atoms with Crippen LogP contribution in [0.2, 0.25) is 0 Å². The first-order chi connectivity index (χ1) is 25.5. The number of carbonyl (C=O) groups excluding carboxylic acids is 3. The number of imidazole rings is 1. The minimum atomic E-state index is -1.26. The smallest absolute Gasteiger partial charge is 0.326 e. The van der Waals surface area contributed by atoms with Gasteiger partial charge in [0.15, 0.2) is 23.0 Å². The summed E-state index contributed by atoms with van der Waals surface area (Å²) in [7, 11) is 1.26. The number of halogens is 2. The largest absolute Gasteiger partial charge is 0.494 e. The molecule has 0 saturated carbocycles. The van der Waals surface area contributed by atoms with E-state index in [4.69, 9.17) is 16.2 Å². The number of nitrogens with two attached hydrogens (primary N) is 2. The summed E-state index contributed by atoms with van der Waals surface area (Å²) in [6.45, 7) is 2.89. The summed E-state index contributed by atoms with van der Waals surface area (Å²) in [6, 6.07) is 5.84. The van der Waals surface area contributed by atoms with Crippen LogP contribution < -0.4 is 37.5 Å². The van der Waals surface area contributed by atoms with Gasteiger partial charge in [0.05, 0.1) is 25.0 Å². The standard InChI is InChI=1S/C36H45F2N9O6/c1-3-21-19-22(45-32-33-44-20-27(47(33)18-17-42-32)24-10-12-28(53-2)31(38)30(24)37)8-9-23(21)34(49)43-16-6-15-41-29(48)13-11-26(36(51)52)46-35(50)25(40)7-4-5-14-39/h8-10,12,17-20,25-26H,3-7,11,13-16,39-40H2,1-2H3,(H,41,48)(H,42,45)(H,43,49)(H,46,50)(H,51,52). The molecule has 0 aliphatic carbocycles. The van der Waals surface area contributed by atoms with Crippen molar-refractivity contribution in [3.05, 3.63) is 71.7 Å². The normalized spacial score (nSPS) is 12.2. The van der Waals surface area contributed by atoms with E-state index in [0.717, 1.165) is 5.56 Å². The molecule has 0 spiro atoms. The summed E-state index contributed by atoms with van der Waals surface area (Å²) in [4.78, 5) is 58.0. The van der Waals surface area contributed by atoms with E-state index in [9.17, 15) is 33.1 Å². The summed E-state index contributed by atoms with van der Waals surface area (Å²) in [6.07, 6.45) is 6.96. The number of aliphatic carboxylic acids is 1. The summed E-state index contributed by atoms with van der Waals surface area (Å²) in [5.41, 5.74) is 13.8. The molecule has 0 bridgehead atoms. The van der Waals surface area contributed by atoms with Crippen LogP contribution in [0.3, 0.4) is 0 Å². The Kier molecular flexibility index (Phi) is 14.6. The molecular weight excluding hydrogens is 692 g/mol. The third kappa shape index (κ3) is 10.4. The number of fused-ring (bicyclic) bond motifs is 1. The Hall–Kier alpha value is -5.68. The van der Waals surface area contributed by atoms with Crippen LogP contribution in [0.25, 0.3) is 16.9 Å². The molecule has 2 heterocycles. The van der Waals surface area contributed by atoms with Gasteiger partial charge in [-0.1, -0.05) is 13.3 Å². The van der Waals surface area contributed by atoms with E-state index >= 15 is 0 Å². The first-order valence-electron chi connectivity index (χ1n) is 17.3. The van der Waals surface area contributed by atoms with Crippen molar-refractivity contribution in [2.24, 2.45) is 11.5 Å². The van der Waals surface area contributed by atoms with Crippen LogP contribution in [0.5, 0.6) is 5.75 Å². The average molecular weight is 738 g/mol. The van der Waals surface area contributed by atoms with Crippen LogP contribution in [0.4, 0.5) is 20.3 Å². The zero-order valence-corrected chi connectivity index (χ0v) is 29.6. The number of nitrogens with zero attached hydrogens (tertiary/aromatic N) is 3. The van der Waals surface area contributed by atoms with Crippen LogP contribution in [0, 0.1) is 11.6 Å². The van der Waals surface area contributed by atoms with Crippen molar-refractivity contribution in [2.75, 3.05) is 32.1 Å². The van der Waals surface area contributed by atoms with Crippen LogP contribution in [-0.4, -0.2) is 82.0 Å². The number of nitrogens with one attached hydrogen (secondary N) is 4. The molecule has 15 nitrogen and oxygen atoms in total. The van der Waals surface area contributed by atoms with Gasteiger partial charge < -0.3 is 42.6 Å². The minimum Gasteiger partial charge on any atom is -0.494 e. The van der Waals surface area contributed by atoms with Gasteiger partial charge in [0.2, 0.25) is 17.6 Å². The maximum absolute atomic E-state index is 14.9. The summed E-state index contributed by atoms with van der Waals surface area (Å²) >= 11 is 0. The second-order valence-electron chi connectivity index (χ2n) is 12.2. The predicted molar refractivity (Wildman–Crippen MR) is 194 cm³/mol. The summed E-state index contributed by atoms with van der Waals surface area (Å²) < 4.78 is 35.8. The number of unbranched alkanes of at least 4 members (excludes halogenated alkanes) is 1. The highest BCUT2D eigenvalue weighted by molar-refractivity contribution is 5.96. The highest BCUT2D eigenvalue weighted by Crippen LogP contribution is 2.31. The van der Waals surface area contributed by atoms with Gasteiger partial charge in [-0.15, -0.1) is 0 Å². The molecule has 2 aromatic carbocycles. The molecule has 53 heavy (non-hydrogen) atoms. The Morgan fingerprint density at radius 2 is 1.77 bits per heavy atom. The molecule has 0 saturated heterocycles. The number of rotatable bonds is 20. The average Bonchev–Trinajstić information content (AvgIpc) is 3.58. The van der Waals surface area contributed by atoms with Crippen LogP contribution in [0.15, 0.2) is 48.9 Å². The van der Waals surface area contributed by atoms with Crippen molar-refractivity contribution in [3.8, 4) is 17.0 Å². The topological polar surface area (TPSA) is 228 Å². The second kappa shape index (κ2) is 19.2. The van der Waals surface area contributed by atoms with Crippen LogP contribution in [-0.2, 0) is 20.8 Å². The molecule has 17 heteroatoms. The van der Waals surface area contributed by atoms with Gasteiger partial charge in [0.25, 0.3) is 5.91 Å². The number of carbonyl (C=O) groups is 4. The van der Waals surface area contributed by atoms with E-state index in [1.165, 1.54) is 31.6 Å². The Bertz CT molecular complexity index is 1920. The number of aromatic nitrogens is 3. The molecule has 284 valence electrons. The van der Waals surface area contributed by atoms with E-state index in [1.54, 1.807) is 22.7 Å². The van der Waals surface area contributed by atoms with Crippen molar-refractivity contribution in [1.29, 1.82) is 0 Å². The van der Waals surface area contributed by atoms with Crippen molar-refractivity contribution in [3.63, 3.8) is 0 Å². The molecule has 4 aromatic rings. The van der Waals surface area contributed by atoms with Gasteiger partial charge in [-0.25, -0.2) is 19.2 Å². The van der Waals surface area contributed by atoms with E-state index < -0.39 is 35.6 Å². The van der Waals surface area contributed by atoms with Gasteiger partial charge >= 0.3 is 5.97 Å². The third-order valence-electron chi connectivity index (χ3n) is 8.51. The Balaban J connectivity index is 1.27. The first kappa shape index (κ1) is 40.1. The number of hydrogen-bond acceptors (Lipinski definition) is 10. The number of methoxy groups -OCH3 is 1. The molecule has 0 fully saturated rings. The maximum atomic E-state index is 14.9. The van der Waals surface area contributed by atoms with Crippen molar-refractivity contribution >= 4 is 40.8 Å². The lowest BCUT2D eigenvalue weighted by Gasteiger charge is -2.17. The van der Waals surface area contributed by atoms with Gasteiger partial charge in [0, 0.05) is 48.7 Å². The molecule has 3 amide bonds. The fourth-order valence-corrected chi connectivity index (χ4v) is 5.57. The molecule has 0 aliphatic rings. The summed E-state index contributed by atoms with van der Waals surface area (Å²) in [5, 5.41) is 20.6.